The molecule has 1 heterocycles. The van der Waals surface area contributed by atoms with Gasteiger partial charge in [0.05, 0.1) is 0 Å². The normalized spacial score (nSPS) is 15.7. The molecule has 1 N–H and O–H groups in total. The minimum absolute atomic E-state index is 0. The Bertz CT molecular complexity index is 722. The molecule has 5 nitrogen and oxygen atoms in total. The first-order valence-electron chi connectivity index (χ1n) is 8.75. The third kappa shape index (κ3) is 6.40. The first-order valence-corrected chi connectivity index (χ1v) is 9.13. The summed E-state index contributed by atoms with van der Waals surface area (Å²) in [4.78, 5) is 16.5. The van der Waals surface area contributed by atoms with Gasteiger partial charge in [-0.25, -0.2) is 0 Å². The van der Waals surface area contributed by atoms with Crippen LogP contribution in [0.5, 0.6) is 5.75 Å². The van der Waals surface area contributed by atoms with Crippen LogP contribution >= 0.6 is 24.0 Å². The van der Waals surface area contributed by atoms with Gasteiger partial charge in [0.15, 0.2) is 0 Å². The number of benzene rings is 2. The van der Waals surface area contributed by atoms with Crippen molar-refractivity contribution in [3.63, 3.8) is 0 Å². The summed E-state index contributed by atoms with van der Waals surface area (Å²) in [5.74, 6) is 0.713. The zero-order valence-electron chi connectivity index (χ0n) is 15.0. The number of ether oxygens (including phenoxy) is 1. The summed E-state index contributed by atoms with van der Waals surface area (Å²) in [6.07, 6.45) is -0.592. The number of hydrogen-bond acceptors (Lipinski definition) is 4. The first kappa shape index (κ1) is 21.5. The van der Waals surface area contributed by atoms with Gasteiger partial charge in [-0.2, -0.15) is 0 Å². The molecule has 2 aromatic rings. The number of amides is 1. The summed E-state index contributed by atoms with van der Waals surface area (Å²) < 4.78 is 5.58. The average molecular weight is 411 g/mol. The molecule has 3 rings (SSSR count). The Morgan fingerprint density at radius 3 is 2.44 bits per heavy atom. The average Bonchev–Trinajstić information content (AvgIpc) is 2.67. The lowest BCUT2D eigenvalue weighted by Crippen LogP contribution is -2.50. The highest BCUT2D eigenvalue weighted by Gasteiger charge is 2.23. The van der Waals surface area contributed by atoms with Crippen molar-refractivity contribution in [3.05, 3.63) is 65.2 Å². The van der Waals surface area contributed by atoms with Crippen molar-refractivity contribution in [2.24, 2.45) is 0 Å². The minimum atomic E-state index is -0.592. The summed E-state index contributed by atoms with van der Waals surface area (Å²) in [7, 11) is 0. The Labute approximate surface area is 170 Å². The number of nitrogens with zero attached hydrogens (tertiary/aromatic N) is 2. The van der Waals surface area contributed by atoms with Crippen LogP contribution in [0.15, 0.2) is 54.6 Å². The largest absolute Gasteiger partial charge is 0.491 e. The second-order valence-corrected chi connectivity index (χ2v) is 6.82. The van der Waals surface area contributed by atoms with Crippen molar-refractivity contribution >= 4 is 29.9 Å². The SMILES string of the molecule is Cl.O=C(c1ccccc1)N1CCN(CC(O)COc2cccc(Cl)c2)CC1. The molecule has 1 atom stereocenters. The zero-order valence-corrected chi connectivity index (χ0v) is 16.5. The summed E-state index contributed by atoms with van der Waals surface area (Å²) in [6.45, 7) is 3.54. The van der Waals surface area contributed by atoms with Gasteiger partial charge in [0, 0.05) is 43.3 Å². The molecule has 0 saturated carbocycles. The molecule has 1 amide bonds. The highest BCUT2D eigenvalue weighted by molar-refractivity contribution is 6.30. The van der Waals surface area contributed by atoms with Crippen molar-refractivity contribution in [1.29, 1.82) is 0 Å². The minimum Gasteiger partial charge on any atom is -0.491 e. The van der Waals surface area contributed by atoms with E-state index in [1.807, 2.05) is 47.4 Å². The molecule has 1 unspecified atom stereocenters. The molecule has 1 aliphatic rings. The molecule has 0 aromatic heterocycles. The number of aliphatic hydroxyl groups excluding tert-OH is 1. The predicted octanol–water partition coefficient (Wildman–Crippen LogP) is 2.96. The Hall–Kier alpha value is -1.79. The van der Waals surface area contributed by atoms with E-state index in [2.05, 4.69) is 4.90 Å². The van der Waals surface area contributed by atoms with Crippen molar-refractivity contribution in [2.45, 2.75) is 6.10 Å². The lowest BCUT2D eigenvalue weighted by atomic mass is 10.2. The molecule has 2 aromatic carbocycles. The van der Waals surface area contributed by atoms with Crippen LogP contribution in [0, 0.1) is 0 Å². The third-order valence-corrected chi connectivity index (χ3v) is 4.62. The second-order valence-electron chi connectivity index (χ2n) is 6.38. The molecule has 0 radical (unpaired) electrons. The highest BCUT2D eigenvalue weighted by atomic mass is 35.5. The number of halogens is 2. The van der Waals surface area contributed by atoms with Gasteiger partial charge in [-0.3, -0.25) is 9.69 Å². The Balaban J connectivity index is 0.00000261. The van der Waals surface area contributed by atoms with Crippen LogP contribution in [0.2, 0.25) is 5.02 Å². The fourth-order valence-electron chi connectivity index (χ4n) is 3.00. The molecule has 1 fully saturated rings. The van der Waals surface area contributed by atoms with E-state index in [1.165, 1.54) is 0 Å². The molecule has 0 spiro atoms. The number of piperazine rings is 1. The van der Waals surface area contributed by atoms with Crippen LogP contribution in [0.3, 0.4) is 0 Å². The summed E-state index contributed by atoms with van der Waals surface area (Å²) in [6, 6.07) is 16.5. The molecule has 27 heavy (non-hydrogen) atoms. The van der Waals surface area contributed by atoms with Gasteiger partial charge in [-0.05, 0) is 30.3 Å². The van der Waals surface area contributed by atoms with Crippen LogP contribution in [0.1, 0.15) is 10.4 Å². The van der Waals surface area contributed by atoms with Crippen LogP contribution in [-0.2, 0) is 0 Å². The van der Waals surface area contributed by atoms with E-state index in [-0.39, 0.29) is 24.9 Å². The number of hydrogen-bond donors (Lipinski definition) is 1. The van der Waals surface area contributed by atoms with Crippen LogP contribution in [-0.4, -0.2) is 66.2 Å². The summed E-state index contributed by atoms with van der Waals surface area (Å²) in [5, 5.41) is 10.8. The molecule has 1 aliphatic heterocycles. The van der Waals surface area contributed by atoms with Gasteiger partial charge in [-0.1, -0.05) is 35.9 Å². The number of β-amino-alcohol motifs (C(OH)–C–C–N with tert-alkyl or cyclic N) is 1. The number of rotatable bonds is 6. The van der Waals surface area contributed by atoms with Gasteiger partial charge in [-0.15, -0.1) is 12.4 Å². The van der Waals surface area contributed by atoms with E-state index < -0.39 is 6.10 Å². The molecular formula is C20H24Cl2N2O3. The van der Waals surface area contributed by atoms with Gasteiger partial charge >= 0.3 is 0 Å². The molecule has 146 valence electrons. The fourth-order valence-corrected chi connectivity index (χ4v) is 3.18. The zero-order chi connectivity index (χ0) is 18.4. The number of carbonyl (C=O) groups excluding carboxylic acids is 1. The molecule has 7 heteroatoms. The van der Waals surface area contributed by atoms with E-state index in [4.69, 9.17) is 16.3 Å². The Kier molecular flexibility index (Phi) is 8.38. The lowest BCUT2D eigenvalue weighted by Gasteiger charge is -2.35. The monoisotopic (exact) mass is 410 g/mol. The van der Waals surface area contributed by atoms with E-state index >= 15 is 0 Å². The van der Waals surface area contributed by atoms with Gasteiger partial charge in [0.25, 0.3) is 5.91 Å². The predicted molar refractivity (Wildman–Crippen MR) is 109 cm³/mol. The molecule has 0 aliphatic carbocycles. The molecular weight excluding hydrogens is 387 g/mol. The summed E-state index contributed by atoms with van der Waals surface area (Å²) in [5.41, 5.74) is 0.718. The van der Waals surface area contributed by atoms with Crippen LogP contribution < -0.4 is 4.74 Å². The third-order valence-electron chi connectivity index (χ3n) is 4.39. The van der Waals surface area contributed by atoms with Gasteiger partial charge in [0.1, 0.15) is 18.5 Å². The topological polar surface area (TPSA) is 53.0 Å². The smallest absolute Gasteiger partial charge is 0.253 e. The standard InChI is InChI=1S/C20H23ClN2O3.ClH/c21-17-7-4-8-19(13-17)26-15-18(24)14-22-9-11-23(12-10-22)20(25)16-5-2-1-3-6-16;/h1-8,13,18,24H,9-12,14-15H2;1H. The Morgan fingerprint density at radius 1 is 1.07 bits per heavy atom. The highest BCUT2D eigenvalue weighted by Crippen LogP contribution is 2.17. The fraction of sp³-hybridized carbons (Fsp3) is 0.350. The summed E-state index contributed by atoms with van der Waals surface area (Å²) >= 11 is 5.92. The van der Waals surface area contributed by atoms with Gasteiger partial charge in [0.2, 0.25) is 0 Å². The maximum absolute atomic E-state index is 12.4. The van der Waals surface area contributed by atoms with Gasteiger partial charge < -0.3 is 14.7 Å². The van der Waals surface area contributed by atoms with Crippen molar-refractivity contribution < 1.29 is 14.6 Å². The van der Waals surface area contributed by atoms with E-state index in [0.29, 0.717) is 30.4 Å². The van der Waals surface area contributed by atoms with E-state index in [0.717, 1.165) is 18.7 Å². The van der Waals surface area contributed by atoms with Crippen molar-refractivity contribution in [1.82, 2.24) is 9.80 Å². The number of aliphatic hydroxyl groups is 1. The molecule has 1 saturated heterocycles. The quantitative estimate of drug-likeness (QED) is 0.794. The van der Waals surface area contributed by atoms with E-state index in [9.17, 15) is 9.90 Å². The van der Waals surface area contributed by atoms with Crippen LogP contribution in [0.4, 0.5) is 0 Å². The van der Waals surface area contributed by atoms with Crippen molar-refractivity contribution in [3.8, 4) is 5.75 Å². The van der Waals surface area contributed by atoms with Crippen molar-refractivity contribution in [2.75, 3.05) is 39.3 Å². The van der Waals surface area contributed by atoms with E-state index in [1.54, 1.807) is 12.1 Å². The number of carbonyl (C=O) groups is 1. The maximum Gasteiger partial charge on any atom is 0.253 e. The Morgan fingerprint density at radius 2 is 1.78 bits per heavy atom. The first-order chi connectivity index (χ1) is 12.6. The lowest BCUT2D eigenvalue weighted by molar-refractivity contribution is 0.0403. The van der Waals surface area contributed by atoms with Crippen LogP contribution in [0.25, 0.3) is 0 Å². The maximum atomic E-state index is 12.4. The molecule has 0 bridgehead atoms. The second kappa shape index (κ2) is 10.5.